The number of aromatic nitrogens is 1. The number of H-pyrrole nitrogens is 1. The predicted molar refractivity (Wildman–Crippen MR) is 95.8 cm³/mol. The van der Waals surface area contributed by atoms with Gasteiger partial charge in [0.25, 0.3) is 0 Å². The van der Waals surface area contributed by atoms with Gasteiger partial charge in [-0.25, -0.2) is 0 Å². The summed E-state index contributed by atoms with van der Waals surface area (Å²) in [4.78, 5) is 3.31. The van der Waals surface area contributed by atoms with Crippen LogP contribution in [0.1, 0.15) is 5.69 Å². The highest BCUT2D eigenvalue weighted by atomic mass is 16.5. The van der Waals surface area contributed by atoms with E-state index in [1.165, 1.54) is 0 Å². The van der Waals surface area contributed by atoms with Gasteiger partial charge >= 0.3 is 0 Å². The Morgan fingerprint density at radius 2 is 1.40 bits per heavy atom. The smallest absolute Gasteiger partial charge is 0.203 e. The van der Waals surface area contributed by atoms with Crippen LogP contribution in [0.5, 0.6) is 34.5 Å². The fraction of sp³-hybridized carbons (Fsp3) is 0.263. The normalized spacial score (nSPS) is 10.6. The molecule has 0 fully saturated rings. The van der Waals surface area contributed by atoms with E-state index in [4.69, 9.17) is 23.7 Å². The van der Waals surface area contributed by atoms with Crippen molar-refractivity contribution in [2.45, 2.75) is 6.92 Å². The van der Waals surface area contributed by atoms with Crippen LogP contribution in [0.15, 0.2) is 30.3 Å². The van der Waals surface area contributed by atoms with Crippen LogP contribution in [0.2, 0.25) is 0 Å². The first kappa shape index (κ1) is 16.8. The lowest BCUT2D eigenvalue weighted by molar-refractivity contribution is 0.321. The number of fused-ring (bicyclic) bond motifs is 1. The minimum absolute atomic E-state index is 0.523. The minimum atomic E-state index is 0.523. The number of hydrogen-bond acceptors (Lipinski definition) is 5. The molecule has 0 aliphatic carbocycles. The predicted octanol–water partition coefficient (Wildman–Crippen LogP) is 4.30. The van der Waals surface area contributed by atoms with Crippen molar-refractivity contribution in [1.29, 1.82) is 0 Å². The van der Waals surface area contributed by atoms with Crippen LogP contribution in [0.4, 0.5) is 0 Å². The number of aryl methyl sites for hydroxylation is 1. The largest absolute Gasteiger partial charge is 0.497 e. The summed E-state index contributed by atoms with van der Waals surface area (Å²) in [5.41, 5.74) is 1.89. The summed E-state index contributed by atoms with van der Waals surface area (Å²) in [7, 11) is 6.35. The fourth-order valence-corrected chi connectivity index (χ4v) is 2.77. The van der Waals surface area contributed by atoms with E-state index in [0.29, 0.717) is 23.0 Å². The summed E-state index contributed by atoms with van der Waals surface area (Å²) >= 11 is 0. The molecular weight excluding hydrogens is 322 g/mol. The van der Waals surface area contributed by atoms with Crippen LogP contribution < -0.4 is 23.7 Å². The van der Waals surface area contributed by atoms with Crippen molar-refractivity contribution >= 4 is 10.9 Å². The molecule has 0 amide bonds. The van der Waals surface area contributed by atoms with Gasteiger partial charge in [0.05, 0.1) is 34.1 Å². The first-order valence-electron chi connectivity index (χ1n) is 7.75. The zero-order chi connectivity index (χ0) is 18.0. The quantitative estimate of drug-likeness (QED) is 0.723. The van der Waals surface area contributed by atoms with E-state index >= 15 is 0 Å². The third-order valence-electron chi connectivity index (χ3n) is 3.99. The van der Waals surface area contributed by atoms with E-state index in [1.807, 2.05) is 25.1 Å². The molecule has 2 aromatic carbocycles. The van der Waals surface area contributed by atoms with Gasteiger partial charge in [-0.3, -0.25) is 0 Å². The van der Waals surface area contributed by atoms with Crippen LogP contribution in [-0.2, 0) is 0 Å². The van der Waals surface area contributed by atoms with Crippen LogP contribution in [0.3, 0.4) is 0 Å². The molecule has 3 aromatic rings. The molecule has 0 unspecified atom stereocenters. The molecule has 0 bridgehead atoms. The van der Waals surface area contributed by atoms with Crippen LogP contribution in [-0.4, -0.2) is 33.4 Å². The second kappa shape index (κ2) is 6.84. The molecule has 0 spiro atoms. The van der Waals surface area contributed by atoms with Crippen molar-refractivity contribution in [3.63, 3.8) is 0 Å². The first-order valence-corrected chi connectivity index (χ1v) is 7.75. The van der Waals surface area contributed by atoms with Crippen molar-refractivity contribution in [1.82, 2.24) is 4.98 Å². The number of methoxy groups -OCH3 is 4. The Hall–Kier alpha value is -3.02. The van der Waals surface area contributed by atoms with E-state index in [2.05, 4.69) is 4.98 Å². The third kappa shape index (κ3) is 3.03. The molecule has 25 heavy (non-hydrogen) atoms. The van der Waals surface area contributed by atoms with E-state index in [9.17, 15) is 0 Å². The number of benzene rings is 2. The van der Waals surface area contributed by atoms with Gasteiger partial charge in [0.2, 0.25) is 5.75 Å². The van der Waals surface area contributed by atoms with Gasteiger partial charge in [0, 0.05) is 23.0 Å². The average Bonchev–Trinajstić information content (AvgIpc) is 2.95. The maximum atomic E-state index is 6.14. The zero-order valence-electron chi connectivity index (χ0n) is 14.9. The second-order valence-corrected chi connectivity index (χ2v) is 5.45. The Kier molecular flexibility index (Phi) is 4.61. The highest BCUT2D eigenvalue weighted by molar-refractivity contribution is 5.89. The van der Waals surface area contributed by atoms with Gasteiger partial charge in [-0.15, -0.1) is 0 Å². The van der Waals surface area contributed by atoms with Crippen LogP contribution in [0, 0.1) is 6.92 Å². The zero-order valence-corrected chi connectivity index (χ0v) is 14.9. The minimum Gasteiger partial charge on any atom is -0.497 e. The monoisotopic (exact) mass is 343 g/mol. The number of nitrogens with one attached hydrogen (secondary N) is 1. The standard InChI is InChI=1S/C19H21NO5/c1-11-18(14-8-12(21-2)6-7-15(14)20-11)25-13-9-16(22-3)19(24-5)17(10-13)23-4/h6-10,20H,1-5H3. The summed E-state index contributed by atoms with van der Waals surface area (Å²) in [6, 6.07) is 9.33. The van der Waals surface area contributed by atoms with E-state index in [1.54, 1.807) is 40.6 Å². The molecule has 3 rings (SSSR count). The highest BCUT2D eigenvalue weighted by Gasteiger charge is 2.17. The van der Waals surface area contributed by atoms with Crippen molar-refractivity contribution in [3.8, 4) is 34.5 Å². The molecule has 0 aliphatic rings. The number of ether oxygens (including phenoxy) is 5. The summed E-state index contributed by atoms with van der Waals surface area (Å²) in [6.07, 6.45) is 0. The summed E-state index contributed by atoms with van der Waals surface area (Å²) < 4.78 is 27.6. The van der Waals surface area contributed by atoms with Crippen LogP contribution in [0.25, 0.3) is 10.9 Å². The van der Waals surface area contributed by atoms with Gasteiger partial charge in [-0.1, -0.05) is 0 Å². The lowest BCUT2D eigenvalue weighted by atomic mass is 10.2. The van der Waals surface area contributed by atoms with Gasteiger partial charge in [-0.05, 0) is 25.1 Å². The first-order chi connectivity index (χ1) is 12.1. The molecule has 0 saturated carbocycles. The number of hydrogen-bond donors (Lipinski definition) is 1. The van der Waals surface area contributed by atoms with Gasteiger partial charge in [0.15, 0.2) is 17.2 Å². The lowest BCUT2D eigenvalue weighted by Crippen LogP contribution is -1.96. The van der Waals surface area contributed by atoms with Gasteiger partial charge in [-0.2, -0.15) is 0 Å². The molecule has 0 radical (unpaired) electrons. The van der Waals surface area contributed by atoms with E-state index < -0.39 is 0 Å². The molecule has 1 N–H and O–H groups in total. The molecule has 6 nitrogen and oxygen atoms in total. The molecule has 0 saturated heterocycles. The van der Waals surface area contributed by atoms with Crippen molar-refractivity contribution in [2.75, 3.05) is 28.4 Å². The van der Waals surface area contributed by atoms with E-state index in [0.717, 1.165) is 28.1 Å². The SMILES string of the molecule is COc1ccc2[nH]c(C)c(Oc3cc(OC)c(OC)c(OC)c3)c2c1. The van der Waals surface area contributed by atoms with Crippen molar-refractivity contribution < 1.29 is 23.7 Å². The van der Waals surface area contributed by atoms with E-state index in [-0.39, 0.29) is 0 Å². The molecule has 0 atom stereocenters. The second-order valence-electron chi connectivity index (χ2n) is 5.45. The average molecular weight is 343 g/mol. The Morgan fingerprint density at radius 1 is 0.720 bits per heavy atom. The number of rotatable bonds is 6. The summed E-state index contributed by atoms with van der Waals surface area (Å²) in [6.45, 7) is 1.96. The number of aromatic amines is 1. The van der Waals surface area contributed by atoms with Crippen molar-refractivity contribution in [2.24, 2.45) is 0 Å². The van der Waals surface area contributed by atoms with Gasteiger partial charge in [0.1, 0.15) is 11.5 Å². The summed E-state index contributed by atoms with van der Waals surface area (Å²) in [5.74, 6) is 3.67. The van der Waals surface area contributed by atoms with Crippen molar-refractivity contribution in [3.05, 3.63) is 36.0 Å². The Balaban J connectivity index is 2.08. The molecule has 6 heteroatoms. The fourth-order valence-electron chi connectivity index (χ4n) is 2.77. The molecule has 1 aromatic heterocycles. The molecule has 0 aliphatic heterocycles. The third-order valence-corrected chi connectivity index (χ3v) is 3.99. The Labute approximate surface area is 146 Å². The Morgan fingerprint density at radius 3 is 1.96 bits per heavy atom. The highest BCUT2D eigenvalue weighted by Crippen LogP contribution is 2.43. The maximum Gasteiger partial charge on any atom is 0.203 e. The van der Waals surface area contributed by atoms with Crippen LogP contribution >= 0.6 is 0 Å². The Bertz CT molecular complexity index is 875. The lowest BCUT2D eigenvalue weighted by Gasteiger charge is -2.14. The molecule has 132 valence electrons. The summed E-state index contributed by atoms with van der Waals surface area (Å²) in [5, 5.41) is 0.936. The molecular formula is C19H21NO5. The topological polar surface area (TPSA) is 61.9 Å². The van der Waals surface area contributed by atoms with Gasteiger partial charge < -0.3 is 28.7 Å². The molecule has 1 heterocycles. The maximum absolute atomic E-state index is 6.14.